The number of hydrogen-bond acceptors (Lipinski definition) is 2. The van der Waals surface area contributed by atoms with Gasteiger partial charge in [0.2, 0.25) is 5.95 Å². The lowest BCUT2D eigenvalue weighted by molar-refractivity contribution is 0.588. The number of aromatic nitrogens is 3. The third kappa shape index (κ3) is 1.11. The van der Waals surface area contributed by atoms with Gasteiger partial charge in [0, 0.05) is 0 Å². The molecule has 2 rings (SSSR count). The van der Waals surface area contributed by atoms with Crippen molar-refractivity contribution in [3.8, 4) is 0 Å². The fraction of sp³-hybridized carbons (Fsp3) is 0. The summed E-state index contributed by atoms with van der Waals surface area (Å²) < 4.78 is 13.0. The standard InChI is InChI=1S/C6H3BrFN3/c7-6-9-3-1-2-4(8)10-5(3)11-6/h1-2H,(H,9,10,11). The van der Waals surface area contributed by atoms with Crippen molar-refractivity contribution in [3.63, 3.8) is 0 Å². The number of halogens is 2. The van der Waals surface area contributed by atoms with Crippen molar-refractivity contribution in [2.75, 3.05) is 0 Å². The second kappa shape index (κ2) is 2.27. The summed E-state index contributed by atoms with van der Waals surface area (Å²) in [6, 6.07) is 2.88. The van der Waals surface area contributed by atoms with Crippen LogP contribution in [0.25, 0.3) is 11.2 Å². The number of rotatable bonds is 0. The molecular weight excluding hydrogens is 213 g/mol. The van der Waals surface area contributed by atoms with Gasteiger partial charge in [-0.05, 0) is 28.1 Å². The molecule has 0 fully saturated rings. The SMILES string of the molecule is Fc1ccc2[nH]c(Br)nc2n1. The zero-order chi connectivity index (χ0) is 7.84. The molecule has 0 unspecified atom stereocenters. The van der Waals surface area contributed by atoms with E-state index < -0.39 is 5.95 Å². The summed E-state index contributed by atoms with van der Waals surface area (Å²) in [5.74, 6) is -0.517. The van der Waals surface area contributed by atoms with E-state index in [0.29, 0.717) is 10.4 Å². The molecule has 0 amide bonds. The molecule has 0 aliphatic heterocycles. The van der Waals surface area contributed by atoms with Crippen LogP contribution in [0.2, 0.25) is 0 Å². The summed E-state index contributed by atoms with van der Waals surface area (Å²) in [5.41, 5.74) is 1.11. The van der Waals surface area contributed by atoms with Gasteiger partial charge >= 0.3 is 0 Å². The fourth-order valence-electron chi connectivity index (χ4n) is 0.840. The first-order chi connectivity index (χ1) is 5.25. The number of aromatic amines is 1. The highest BCUT2D eigenvalue weighted by molar-refractivity contribution is 9.10. The van der Waals surface area contributed by atoms with Gasteiger partial charge in [0.15, 0.2) is 10.4 Å². The summed E-state index contributed by atoms with van der Waals surface area (Å²) >= 11 is 3.12. The van der Waals surface area contributed by atoms with E-state index in [-0.39, 0.29) is 0 Å². The van der Waals surface area contributed by atoms with Crippen LogP contribution in [0.1, 0.15) is 0 Å². The monoisotopic (exact) mass is 215 g/mol. The molecule has 56 valence electrons. The van der Waals surface area contributed by atoms with E-state index in [1.165, 1.54) is 6.07 Å². The van der Waals surface area contributed by atoms with Crippen LogP contribution in [0, 0.1) is 5.95 Å². The van der Waals surface area contributed by atoms with Crippen molar-refractivity contribution >= 4 is 27.1 Å². The fourth-order valence-corrected chi connectivity index (χ4v) is 1.22. The summed E-state index contributed by atoms with van der Waals surface area (Å²) in [7, 11) is 0. The number of pyridine rings is 1. The van der Waals surface area contributed by atoms with Crippen molar-refractivity contribution in [1.29, 1.82) is 0 Å². The third-order valence-corrected chi connectivity index (χ3v) is 1.66. The molecule has 0 atom stereocenters. The van der Waals surface area contributed by atoms with Gasteiger partial charge in [-0.25, -0.2) is 4.98 Å². The van der Waals surface area contributed by atoms with E-state index in [1.54, 1.807) is 6.07 Å². The molecule has 0 radical (unpaired) electrons. The smallest absolute Gasteiger partial charge is 0.215 e. The minimum absolute atomic E-state index is 0.386. The van der Waals surface area contributed by atoms with E-state index in [9.17, 15) is 4.39 Å². The van der Waals surface area contributed by atoms with Crippen molar-refractivity contribution in [2.24, 2.45) is 0 Å². The summed E-state index contributed by atoms with van der Waals surface area (Å²) in [6.45, 7) is 0. The number of imidazole rings is 1. The Morgan fingerprint density at radius 3 is 3.00 bits per heavy atom. The maximum atomic E-state index is 12.5. The average molecular weight is 216 g/mol. The highest BCUT2D eigenvalue weighted by Gasteiger charge is 2.01. The Morgan fingerprint density at radius 2 is 2.18 bits per heavy atom. The van der Waals surface area contributed by atoms with E-state index in [0.717, 1.165) is 5.52 Å². The van der Waals surface area contributed by atoms with Gasteiger partial charge in [-0.2, -0.15) is 9.37 Å². The molecular formula is C6H3BrFN3. The molecule has 5 heteroatoms. The Hall–Kier alpha value is -0.970. The first kappa shape index (κ1) is 6.72. The average Bonchev–Trinajstić information content (AvgIpc) is 2.27. The topological polar surface area (TPSA) is 41.6 Å². The number of fused-ring (bicyclic) bond motifs is 1. The van der Waals surface area contributed by atoms with E-state index in [1.807, 2.05) is 0 Å². The normalized spacial score (nSPS) is 10.7. The lowest BCUT2D eigenvalue weighted by atomic mass is 10.4. The molecule has 2 aromatic heterocycles. The lowest BCUT2D eigenvalue weighted by Gasteiger charge is -1.84. The third-order valence-electron chi connectivity index (χ3n) is 1.28. The van der Waals surface area contributed by atoms with E-state index >= 15 is 0 Å². The van der Waals surface area contributed by atoms with Crippen LogP contribution >= 0.6 is 15.9 Å². The van der Waals surface area contributed by atoms with Gasteiger partial charge in [0.1, 0.15) is 0 Å². The Bertz CT molecular complexity index is 398. The van der Waals surface area contributed by atoms with Gasteiger partial charge in [-0.1, -0.05) is 0 Å². The number of H-pyrrole nitrogens is 1. The number of nitrogens with one attached hydrogen (secondary N) is 1. The molecule has 0 saturated carbocycles. The minimum atomic E-state index is -0.517. The van der Waals surface area contributed by atoms with Crippen molar-refractivity contribution in [3.05, 3.63) is 22.8 Å². The van der Waals surface area contributed by atoms with E-state index in [4.69, 9.17) is 0 Å². The predicted octanol–water partition coefficient (Wildman–Crippen LogP) is 1.86. The van der Waals surface area contributed by atoms with Crippen LogP contribution in [0.15, 0.2) is 16.9 Å². The highest BCUT2D eigenvalue weighted by Crippen LogP contribution is 2.12. The first-order valence-electron chi connectivity index (χ1n) is 2.93. The van der Waals surface area contributed by atoms with Crippen LogP contribution in [0.5, 0.6) is 0 Å². The predicted molar refractivity (Wildman–Crippen MR) is 41.5 cm³/mol. The molecule has 0 aliphatic carbocycles. The Morgan fingerprint density at radius 1 is 1.36 bits per heavy atom. The zero-order valence-corrected chi connectivity index (χ0v) is 6.89. The second-order valence-corrected chi connectivity index (χ2v) is 2.78. The van der Waals surface area contributed by atoms with Gasteiger partial charge in [-0.15, -0.1) is 0 Å². The summed E-state index contributed by atoms with van der Waals surface area (Å²) in [4.78, 5) is 10.3. The number of hydrogen-bond donors (Lipinski definition) is 1. The van der Waals surface area contributed by atoms with Crippen LogP contribution < -0.4 is 0 Å². The Kier molecular flexibility index (Phi) is 1.38. The molecule has 0 aliphatic rings. The minimum Gasteiger partial charge on any atom is -0.331 e. The van der Waals surface area contributed by atoms with Gasteiger partial charge in [-0.3, -0.25) is 0 Å². The van der Waals surface area contributed by atoms with Crippen molar-refractivity contribution < 1.29 is 4.39 Å². The van der Waals surface area contributed by atoms with Gasteiger partial charge in [0.05, 0.1) is 5.52 Å². The molecule has 11 heavy (non-hydrogen) atoms. The molecule has 2 heterocycles. The molecule has 2 aromatic rings. The largest absolute Gasteiger partial charge is 0.331 e. The maximum absolute atomic E-state index is 12.5. The molecule has 3 nitrogen and oxygen atoms in total. The van der Waals surface area contributed by atoms with Crippen LogP contribution in [0.3, 0.4) is 0 Å². The Labute approximate surface area is 69.8 Å². The molecule has 0 spiro atoms. The Balaban J connectivity index is 2.82. The van der Waals surface area contributed by atoms with Crippen molar-refractivity contribution in [2.45, 2.75) is 0 Å². The van der Waals surface area contributed by atoms with Gasteiger partial charge < -0.3 is 4.98 Å². The highest BCUT2D eigenvalue weighted by atomic mass is 79.9. The molecule has 0 bridgehead atoms. The van der Waals surface area contributed by atoms with Crippen LogP contribution in [-0.2, 0) is 0 Å². The second-order valence-electron chi connectivity index (χ2n) is 2.03. The molecule has 0 aromatic carbocycles. The maximum Gasteiger partial charge on any atom is 0.215 e. The zero-order valence-electron chi connectivity index (χ0n) is 5.31. The lowest BCUT2D eigenvalue weighted by Crippen LogP contribution is -1.81. The van der Waals surface area contributed by atoms with Crippen molar-refractivity contribution in [1.82, 2.24) is 15.0 Å². The quantitative estimate of drug-likeness (QED) is 0.682. The molecule has 1 N–H and O–H groups in total. The summed E-state index contributed by atoms with van der Waals surface area (Å²) in [5, 5.41) is 0. The number of nitrogens with zero attached hydrogens (tertiary/aromatic N) is 2. The molecule has 0 saturated heterocycles. The van der Waals surface area contributed by atoms with Crippen LogP contribution in [-0.4, -0.2) is 15.0 Å². The van der Waals surface area contributed by atoms with Gasteiger partial charge in [0.25, 0.3) is 0 Å². The summed E-state index contributed by atoms with van der Waals surface area (Å²) in [6.07, 6.45) is 0. The van der Waals surface area contributed by atoms with Crippen LogP contribution in [0.4, 0.5) is 4.39 Å². The van der Waals surface area contributed by atoms with E-state index in [2.05, 4.69) is 30.9 Å². The first-order valence-corrected chi connectivity index (χ1v) is 3.73.